The van der Waals surface area contributed by atoms with Crippen LogP contribution in [0, 0.1) is 0 Å². The predicted molar refractivity (Wildman–Crippen MR) is 218 cm³/mol. The van der Waals surface area contributed by atoms with Crippen LogP contribution in [-0.4, -0.2) is 0 Å². The summed E-state index contributed by atoms with van der Waals surface area (Å²) in [5.74, 6) is 0. The summed E-state index contributed by atoms with van der Waals surface area (Å²) < 4.78 is 0. The normalized spacial score (nSPS) is 15.7. The van der Waals surface area contributed by atoms with Crippen molar-refractivity contribution in [3.63, 3.8) is 0 Å². The summed E-state index contributed by atoms with van der Waals surface area (Å²) in [5, 5.41) is 5.28. The molecule has 0 N–H and O–H groups in total. The van der Waals surface area contributed by atoms with Gasteiger partial charge in [0.05, 0.1) is 5.41 Å². The molecule has 0 nitrogen and oxygen atoms in total. The third-order valence-electron chi connectivity index (χ3n) is 11.9. The zero-order chi connectivity index (χ0) is 34.0. The highest BCUT2D eigenvalue weighted by molar-refractivity contribution is 7.99. The van der Waals surface area contributed by atoms with Crippen molar-refractivity contribution in [1.82, 2.24) is 0 Å². The lowest BCUT2D eigenvalue weighted by Gasteiger charge is -2.31. The standard InChI is InChI=1S/C51H30S/c1-2-16-37-31(11-1)25-27-40-38-17-3-5-21-43(38)51(50(37)40)44-22-6-4-18-41(44)49-36(19-10-23-45(49)51)35-15-7-14-33(29-35)34-26-28-46-42(30-34)39-20-8-12-32-13-9-24-47(52-46)48(32)39/h1-30H. The first-order chi connectivity index (χ1) is 25.8. The van der Waals surface area contributed by atoms with Gasteiger partial charge < -0.3 is 0 Å². The molecule has 1 heteroatoms. The zero-order valence-electron chi connectivity index (χ0n) is 28.2. The van der Waals surface area contributed by atoms with Crippen molar-refractivity contribution in [2.45, 2.75) is 15.2 Å². The van der Waals surface area contributed by atoms with E-state index in [-0.39, 0.29) is 0 Å². The van der Waals surface area contributed by atoms with Crippen LogP contribution < -0.4 is 0 Å². The fourth-order valence-electron chi connectivity index (χ4n) is 9.82. The number of rotatable bonds is 2. The molecule has 1 atom stereocenters. The average molecular weight is 675 g/mol. The number of hydrogen-bond acceptors (Lipinski definition) is 1. The van der Waals surface area contributed by atoms with E-state index in [1.165, 1.54) is 109 Å². The summed E-state index contributed by atoms with van der Waals surface area (Å²) in [6.07, 6.45) is 0. The van der Waals surface area contributed by atoms with Gasteiger partial charge in [0.2, 0.25) is 0 Å². The van der Waals surface area contributed by atoms with E-state index in [9.17, 15) is 0 Å². The smallest absolute Gasteiger partial charge is 0.0731 e. The predicted octanol–water partition coefficient (Wildman–Crippen LogP) is 13.8. The second-order valence-corrected chi connectivity index (χ2v) is 15.4. The minimum absolute atomic E-state index is 0.403. The van der Waals surface area contributed by atoms with Crippen molar-refractivity contribution in [2.24, 2.45) is 0 Å². The quantitative estimate of drug-likeness (QED) is 0.176. The fraction of sp³-hybridized carbons (Fsp3) is 0.0196. The Morgan fingerprint density at radius 3 is 1.92 bits per heavy atom. The Morgan fingerprint density at radius 1 is 0.346 bits per heavy atom. The van der Waals surface area contributed by atoms with E-state index in [1.54, 1.807) is 0 Å². The van der Waals surface area contributed by atoms with Crippen LogP contribution in [0.2, 0.25) is 0 Å². The molecule has 0 bridgehead atoms. The molecule has 1 unspecified atom stereocenters. The average Bonchev–Trinajstić information content (AvgIpc) is 3.69. The summed E-state index contributed by atoms with van der Waals surface area (Å²) in [7, 11) is 0. The summed E-state index contributed by atoms with van der Waals surface area (Å²) in [4.78, 5) is 2.66. The SMILES string of the molecule is c1cc(-c2ccc3c(c2)-c2cccc4cccc(c24)S3)cc(-c2cccc3c2-c2ccccc2C32c3ccccc3-c3ccc4ccccc4c32)c1. The molecule has 9 aromatic rings. The molecule has 0 radical (unpaired) electrons. The Morgan fingerprint density at radius 2 is 1.00 bits per heavy atom. The largest absolute Gasteiger partial charge is 0.0888 e. The molecule has 1 aliphatic heterocycles. The summed E-state index contributed by atoms with van der Waals surface area (Å²) in [6.45, 7) is 0. The lowest BCUT2D eigenvalue weighted by atomic mass is 9.69. The Labute approximate surface area is 307 Å². The summed E-state index contributed by atoms with van der Waals surface area (Å²) in [6, 6.07) is 68.5. The second-order valence-electron chi connectivity index (χ2n) is 14.3. The number of fused-ring (bicyclic) bond motifs is 14. The van der Waals surface area contributed by atoms with Crippen LogP contribution in [0.4, 0.5) is 0 Å². The van der Waals surface area contributed by atoms with Gasteiger partial charge >= 0.3 is 0 Å². The lowest BCUT2D eigenvalue weighted by molar-refractivity contribution is 0.801. The molecule has 9 aromatic carbocycles. The first-order valence-corrected chi connectivity index (χ1v) is 18.9. The Bertz CT molecular complexity index is 3000. The highest BCUT2D eigenvalue weighted by Gasteiger charge is 2.52. The van der Waals surface area contributed by atoms with Crippen molar-refractivity contribution >= 4 is 33.3 Å². The van der Waals surface area contributed by atoms with Gasteiger partial charge in [-0.3, -0.25) is 0 Å². The van der Waals surface area contributed by atoms with E-state index >= 15 is 0 Å². The summed E-state index contributed by atoms with van der Waals surface area (Å²) in [5.41, 5.74) is 18.1. The molecule has 0 amide bonds. The Kier molecular flexibility index (Phi) is 5.73. The van der Waals surface area contributed by atoms with Crippen LogP contribution in [0.15, 0.2) is 192 Å². The highest BCUT2D eigenvalue weighted by atomic mass is 32.2. The van der Waals surface area contributed by atoms with Crippen molar-refractivity contribution in [1.29, 1.82) is 0 Å². The van der Waals surface area contributed by atoms with Crippen LogP contribution in [0.5, 0.6) is 0 Å². The van der Waals surface area contributed by atoms with E-state index in [1.807, 2.05) is 11.8 Å². The molecule has 1 heterocycles. The van der Waals surface area contributed by atoms with Gasteiger partial charge in [0.25, 0.3) is 0 Å². The maximum absolute atomic E-state index is 2.41. The Hall–Kier alpha value is -6.15. The number of hydrogen-bond donors (Lipinski definition) is 0. The van der Waals surface area contributed by atoms with Gasteiger partial charge in [0.1, 0.15) is 0 Å². The maximum Gasteiger partial charge on any atom is 0.0731 e. The molecule has 1 spiro atoms. The van der Waals surface area contributed by atoms with Gasteiger partial charge in [-0.1, -0.05) is 169 Å². The van der Waals surface area contributed by atoms with Crippen LogP contribution in [0.25, 0.3) is 77.2 Å². The number of benzene rings is 9. The first kappa shape index (κ1) is 28.5. The minimum atomic E-state index is -0.403. The third-order valence-corrected chi connectivity index (χ3v) is 13.0. The van der Waals surface area contributed by atoms with E-state index in [0.717, 1.165) is 0 Å². The third kappa shape index (κ3) is 3.63. The second kappa shape index (κ2) is 10.4. The molecule has 3 aliphatic rings. The van der Waals surface area contributed by atoms with Gasteiger partial charge in [0.15, 0.2) is 0 Å². The van der Waals surface area contributed by atoms with Gasteiger partial charge in [-0.15, -0.1) is 0 Å². The molecule has 2 aliphatic carbocycles. The Balaban J connectivity index is 1.08. The van der Waals surface area contributed by atoms with Crippen LogP contribution in [0.1, 0.15) is 22.3 Å². The zero-order valence-corrected chi connectivity index (χ0v) is 29.0. The molecule has 0 saturated heterocycles. The maximum atomic E-state index is 2.41. The molecular weight excluding hydrogens is 645 g/mol. The van der Waals surface area contributed by atoms with E-state index < -0.39 is 5.41 Å². The van der Waals surface area contributed by atoms with Crippen LogP contribution in [0.3, 0.4) is 0 Å². The fourth-order valence-corrected chi connectivity index (χ4v) is 10.9. The van der Waals surface area contributed by atoms with Gasteiger partial charge in [0, 0.05) is 15.2 Å². The van der Waals surface area contributed by atoms with E-state index in [2.05, 4.69) is 182 Å². The van der Waals surface area contributed by atoms with E-state index in [4.69, 9.17) is 0 Å². The molecule has 240 valence electrons. The van der Waals surface area contributed by atoms with Crippen molar-refractivity contribution in [2.75, 3.05) is 0 Å². The van der Waals surface area contributed by atoms with Gasteiger partial charge in [-0.25, -0.2) is 0 Å². The van der Waals surface area contributed by atoms with Crippen molar-refractivity contribution in [3.05, 3.63) is 204 Å². The molecule has 12 rings (SSSR count). The van der Waals surface area contributed by atoms with Gasteiger partial charge in [-0.2, -0.15) is 0 Å². The minimum Gasteiger partial charge on any atom is -0.0888 e. The highest BCUT2D eigenvalue weighted by Crippen LogP contribution is 2.65. The van der Waals surface area contributed by atoms with Crippen molar-refractivity contribution < 1.29 is 0 Å². The molecular formula is C51H30S. The van der Waals surface area contributed by atoms with Crippen LogP contribution in [-0.2, 0) is 5.41 Å². The van der Waals surface area contributed by atoms with E-state index in [0.29, 0.717) is 0 Å². The van der Waals surface area contributed by atoms with Crippen LogP contribution >= 0.6 is 11.8 Å². The molecule has 0 aromatic heterocycles. The molecule has 52 heavy (non-hydrogen) atoms. The monoisotopic (exact) mass is 674 g/mol. The first-order valence-electron chi connectivity index (χ1n) is 18.1. The molecule has 0 saturated carbocycles. The van der Waals surface area contributed by atoms with Crippen molar-refractivity contribution in [3.8, 4) is 55.6 Å². The molecule has 0 fully saturated rings. The summed E-state index contributed by atoms with van der Waals surface area (Å²) >= 11 is 1.89. The lowest BCUT2D eigenvalue weighted by Crippen LogP contribution is -2.26. The van der Waals surface area contributed by atoms with Gasteiger partial charge in [-0.05, 0) is 118 Å². The topological polar surface area (TPSA) is 0 Å².